The fraction of sp³-hybridized carbons (Fsp3) is 0.478. The summed E-state index contributed by atoms with van der Waals surface area (Å²) in [6.45, 7) is 3.94. The van der Waals surface area contributed by atoms with Crippen LogP contribution in [0.1, 0.15) is 53.9 Å². The summed E-state index contributed by atoms with van der Waals surface area (Å²) in [6.07, 6.45) is 4.97. The minimum Gasteiger partial charge on any atom is -0.497 e. The van der Waals surface area contributed by atoms with Gasteiger partial charge in [0, 0.05) is 17.0 Å². The van der Waals surface area contributed by atoms with E-state index in [1.807, 2.05) is 17.0 Å². The molecule has 29 heavy (non-hydrogen) atoms. The fourth-order valence-electron chi connectivity index (χ4n) is 4.52. The first kappa shape index (κ1) is 20.0. The van der Waals surface area contributed by atoms with Crippen molar-refractivity contribution in [3.05, 3.63) is 40.3 Å². The van der Waals surface area contributed by atoms with Crippen LogP contribution in [0.15, 0.2) is 24.3 Å². The fourth-order valence-corrected chi connectivity index (χ4v) is 5.69. The van der Waals surface area contributed by atoms with Crippen LogP contribution in [0.4, 0.5) is 0 Å². The number of methoxy groups -OCH3 is 1. The lowest BCUT2D eigenvalue weighted by atomic mass is 9.91. The molecule has 6 heteroatoms. The third-order valence-corrected chi connectivity index (χ3v) is 7.23. The number of carbonyl (C=O) groups is 2. The van der Waals surface area contributed by atoms with Gasteiger partial charge in [0.2, 0.25) is 0 Å². The first-order valence-corrected chi connectivity index (χ1v) is 11.1. The topological polar surface area (TPSA) is 55.8 Å². The lowest BCUT2D eigenvalue weighted by molar-refractivity contribution is -0.140. The van der Waals surface area contributed by atoms with Gasteiger partial charge in [-0.2, -0.15) is 0 Å². The second-order valence-electron chi connectivity index (χ2n) is 7.99. The first-order valence-electron chi connectivity index (χ1n) is 10.3. The second-order valence-corrected chi connectivity index (χ2v) is 9.05. The molecule has 0 spiro atoms. The number of amides is 1. The average Bonchev–Trinajstić information content (AvgIpc) is 3.16. The van der Waals surface area contributed by atoms with Gasteiger partial charge < -0.3 is 14.4 Å². The van der Waals surface area contributed by atoms with E-state index in [2.05, 4.69) is 26.0 Å². The number of aryl methyl sites for hydroxylation is 2. The molecular formula is C23H27NO4S. The van der Waals surface area contributed by atoms with Crippen LogP contribution in [0.5, 0.6) is 5.75 Å². The highest BCUT2D eigenvalue weighted by atomic mass is 32.1. The van der Waals surface area contributed by atoms with E-state index in [4.69, 9.17) is 9.47 Å². The van der Waals surface area contributed by atoms with Crippen molar-refractivity contribution in [1.82, 2.24) is 4.90 Å². The molecule has 2 atom stereocenters. The first-order chi connectivity index (χ1) is 14.0. The van der Waals surface area contributed by atoms with Crippen molar-refractivity contribution in [2.24, 2.45) is 0 Å². The highest BCUT2D eigenvalue weighted by molar-refractivity contribution is 7.17. The largest absolute Gasteiger partial charge is 0.497 e. The summed E-state index contributed by atoms with van der Waals surface area (Å²) in [5.74, 6) is 0.338. The van der Waals surface area contributed by atoms with Gasteiger partial charge in [-0.15, -0.1) is 11.3 Å². The van der Waals surface area contributed by atoms with E-state index in [-0.39, 0.29) is 24.6 Å². The minimum absolute atomic E-state index is 0.100. The summed E-state index contributed by atoms with van der Waals surface area (Å²) in [6, 6.07) is 8.40. The molecule has 2 aliphatic rings. The zero-order chi connectivity index (χ0) is 20.5. The molecule has 0 radical (unpaired) electrons. The standard InChI is InChI=1S/C23H27NO4S/c1-14-5-4-6-15(2)24(14)21(25)13-28-23(26)20-12-17-8-7-16-11-18(27-3)9-10-19(16)22(17)29-20/h9-12,14-15H,4-8,13H2,1-3H3/t14-,15-/m0/s1. The predicted octanol–water partition coefficient (Wildman–Crippen LogP) is 4.47. The number of hydrogen-bond acceptors (Lipinski definition) is 5. The van der Waals surface area contributed by atoms with Crippen molar-refractivity contribution >= 4 is 23.2 Å². The molecule has 1 aromatic carbocycles. The van der Waals surface area contributed by atoms with E-state index in [1.54, 1.807) is 7.11 Å². The molecule has 2 aromatic rings. The van der Waals surface area contributed by atoms with Gasteiger partial charge in [0.05, 0.1) is 7.11 Å². The SMILES string of the molecule is COc1ccc2c(c1)CCc1cc(C(=O)OCC(=O)N3[C@@H](C)CCC[C@@H]3C)sc1-2. The minimum atomic E-state index is -0.412. The van der Waals surface area contributed by atoms with Crippen molar-refractivity contribution < 1.29 is 19.1 Å². The number of esters is 1. The Morgan fingerprint density at radius 3 is 2.55 bits per heavy atom. The molecule has 4 rings (SSSR count). The summed E-state index contributed by atoms with van der Waals surface area (Å²) < 4.78 is 10.7. The van der Waals surface area contributed by atoms with E-state index in [1.165, 1.54) is 22.5 Å². The number of rotatable bonds is 4. The van der Waals surface area contributed by atoms with Crippen molar-refractivity contribution in [2.75, 3.05) is 13.7 Å². The molecule has 5 nitrogen and oxygen atoms in total. The molecular weight excluding hydrogens is 386 g/mol. The van der Waals surface area contributed by atoms with E-state index >= 15 is 0 Å². The molecule has 154 valence electrons. The average molecular weight is 414 g/mol. The lowest BCUT2D eigenvalue weighted by Gasteiger charge is -2.38. The molecule has 1 aromatic heterocycles. The van der Waals surface area contributed by atoms with Crippen LogP contribution in [-0.4, -0.2) is 42.6 Å². The summed E-state index contributed by atoms with van der Waals surface area (Å²) >= 11 is 1.45. The van der Waals surface area contributed by atoms with Crippen molar-refractivity contribution in [3.8, 4) is 16.2 Å². The Hall–Kier alpha value is -2.34. The monoisotopic (exact) mass is 413 g/mol. The quantitative estimate of drug-likeness (QED) is 0.694. The number of thiophene rings is 1. The van der Waals surface area contributed by atoms with Crippen LogP contribution in [0.2, 0.25) is 0 Å². The van der Waals surface area contributed by atoms with Crippen LogP contribution >= 0.6 is 11.3 Å². The molecule has 0 N–H and O–H groups in total. The molecule has 0 unspecified atom stereocenters. The van der Waals surface area contributed by atoms with E-state index in [0.29, 0.717) is 4.88 Å². The van der Waals surface area contributed by atoms with Gasteiger partial charge in [-0.25, -0.2) is 4.79 Å². The van der Waals surface area contributed by atoms with Crippen LogP contribution in [-0.2, 0) is 22.4 Å². The molecule has 2 heterocycles. The van der Waals surface area contributed by atoms with Gasteiger partial charge in [0.25, 0.3) is 5.91 Å². The van der Waals surface area contributed by atoms with Crippen LogP contribution in [0, 0.1) is 0 Å². The Morgan fingerprint density at radius 1 is 1.10 bits per heavy atom. The Morgan fingerprint density at radius 2 is 1.83 bits per heavy atom. The molecule has 0 bridgehead atoms. The van der Waals surface area contributed by atoms with Crippen molar-refractivity contribution in [3.63, 3.8) is 0 Å². The van der Waals surface area contributed by atoms with Gasteiger partial charge in [0.15, 0.2) is 6.61 Å². The maximum absolute atomic E-state index is 12.6. The van der Waals surface area contributed by atoms with E-state index in [9.17, 15) is 9.59 Å². The normalized spacial score (nSPS) is 20.6. The highest BCUT2D eigenvalue weighted by Gasteiger charge is 2.30. The van der Waals surface area contributed by atoms with Crippen LogP contribution in [0.3, 0.4) is 0 Å². The van der Waals surface area contributed by atoms with Crippen molar-refractivity contribution in [1.29, 1.82) is 0 Å². The molecule has 0 saturated carbocycles. The summed E-state index contributed by atoms with van der Waals surface area (Å²) in [5, 5.41) is 0. The number of benzene rings is 1. The second kappa shape index (κ2) is 8.19. The predicted molar refractivity (Wildman–Crippen MR) is 114 cm³/mol. The third kappa shape index (κ3) is 3.90. The molecule has 1 fully saturated rings. The molecule has 1 aliphatic heterocycles. The van der Waals surface area contributed by atoms with Gasteiger partial charge in [-0.3, -0.25) is 4.79 Å². The van der Waals surface area contributed by atoms with Crippen molar-refractivity contribution in [2.45, 2.75) is 58.0 Å². The third-order valence-electron chi connectivity index (χ3n) is 6.04. The van der Waals surface area contributed by atoms with Crippen LogP contribution in [0.25, 0.3) is 10.4 Å². The Balaban J connectivity index is 1.45. The van der Waals surface area contributed by atoms with Gasteiger partial charge in [-0.05, 0) is 86.9 Å². The molecule has 1 saturated heterocycles. The Labute approximate surface area is 175 Å². The Kier molecular flexibility index (Phi) is 5.63. The number of piperidine rings is 1. The highest BCUT2D eigenvalue weighted by Crippen LogP contribution is 2.41. The lowest BCUT2D eigenvalue weighted by Crippen LogP contribution is -2.49. The summed E-state index contributed by atoms with van der Waals surface area (Å²) in [4.78, 5) is 28.8. The summed E-state index contributed by atoms with van der Waals surface area (Å²) in [5.41, 5.74) is 3.56. The van der Waals surface area contributed by atoms with Crippen LogP contribution < -0.4 is 4.74 Å². The summed E-state index contributed by atoms with van der Waals surface area (Å²) in [7, 11) is 1.67. The van der Waals surface area contributed by atoms with Gasteiger partial charge >= 0.3 is 5.97 Å². The number of likely N-dealkylation sites (tertiary alicyclic amines) is 1. The Bertz CT molecular complexity index is 925. The number of nitrogens with zero attached hydrogens (tertiary/aromatic N) is 1. The molecule has 1 aliphatic carbocycles. The molecule has 1 amide bonds. The zero-order valence-electron chi connectivity index (χ0n) is 17.2. The number of fused-ring (bicyclic) bond motifs is 3. The number of hydrogen-bond donors (Lipinski definition) is 0. The maximum atomic E-state index is 12.6. The number of carbonyl (C=O) groups excluding carboxylic acids is 2. The van der Waals surface area contributed by atoms with Gasteiger partial charge in [0.1, 0.15) is 10.6 Å². The maximum Gasteiger partial charge on any atom is 0.348 e. The van der Waals surface area contributed by atoms with E-state index < -0.39 is 5.97 Å². The zero-order valence-corrected chi connectivity index (χ0v) is 18.0. The smallest absolute Gasteiger partial charge is 0.348 e. The number of ether oxygens (including phenoxy) is 2. The van der Waals surface area contributed by atoms with Gasteiger partial charge in [-0.1, -0.05) is 0 Å². The van der Waals surface area contributed by atoms with E-state index in [0.717, 1.165) is 48.3 Å².